The number of unbranched alkanes of at least 4 members (excludes halogenated alkanes) is 5. The molecule has 0 saturated heterocycles. The molecule has 152 valence electrons. The van der Waals surface area contributed by atoms with Gasteiger partial charge >= 0.3 is 11.9 Å². The van der Waals surface area contributed by atoms with E-state index in [1.807, 2.05) is 6.92 Å². The van der Waals surface area contributed by atoms with Gasteiger partial charge in [-0.05, 0) is 56.4 Å². The lowest BCUT2D eigenvalue weighted by Crippen LogP contribution is -2.16. The first kappa shape index (κ1) is 23.2. The van der Waals surface area contributed by atoms with E-state index in [-0.39, 0.29) is 18.0 Å². The van der Waals surface area contributed by atoms with Crippen LogP contribution in [0, 0.1) is 5.92 Å². The van der Waals surface area contributed by atoms with Crippen LogP contribution in [0.2, 0.25) is 0 Å². The molecule has 0 radical (unpaired) electrons. The van der Waals surface area contributed by atoms with Crippen LogP contribution >= 0.6 is 0 Å². The maximum absolute atomic E-state index is 12.2. The van der Waals surface area contributed by atoms with E-state index in [1.54, 1.807) is 24.3 Å². The molecule has 4 nitrogen and oxygen atoms in total. The molecule has 0 N–H and O–H groups in total. The lowest BCUT2D eigenvalue weighted by atomic mass is 10.1. The Morgan fingerprint density at radius 2 is 1.37 bits per heavy atom. The number of benzene rings is 1. The summed E-state index contributed by atoms with van der Waals surface area (Å²) in [4.78, 5) is 24.2. The van der Waals surface area contributed by atoms with Gasteiger partial charge in [-0.25, -0.2) is 9.59 Å². The van der Waals surface area contributed by atoms with Crippen molar-refractivity contribution in [3.8, 4) is 0 Å². The molecule has 1 atom stereocenters. The van der Waals surface area contributed by atoms with E-state index in [4.69, 9.17) is 9.47 Å². The zero-order valence-corrected chi connectivity index (χ0v) is 17.5. The van der Waals surface area contributed by atoms with Crippen LogP contribution in [-0.4, -0.2) is 24.6 Å². The summed E-state index contributed by atoms with van der Waals surface area (Å²) in [5, 5.41) is 0. The summed E-state index contributed by atoms with van der Waals surface area (Å²) in [5.41, 5.74) is 0.921. The Morgan fingerprint density at radius 3 is 1.96 bits per heavy atom. The van der Waals surface area contributed by atoms with Gasteiger partial charge < -0.3 is 9.47 Å². The minimum absolute atomic E-state index is 0.109. The predicted molar refractivity (Wildman–Crippen MR) is 109 cm³/mol. The van der Waals surface area contributed by atoms with Crippen molar-refractivity contribution in [2.45, 2.75) is 85.2 Å². The van der Waals surface area contributed by atoms with Crippen LogP contribution in [0.15, 0.2) is 24.3 Å². The molecule has 0 aliphatic rings. The number of hydrogen-bond acceptors (Lipinski definition) is 4. The lowest BCUT2D eigenvalue weighted by Gasteiger charge is -2.14. The summed E-state index contributed by atoms with van der Waals surface area (Å²) in [6, 6.07) is 6.50. The summed E-state index contributed by atoms with van der Waals surface area (Å²) in [6.07, 6.45) is 8.70. The largest absolute Gasteiger partial charge is 0.462 e. The van der Waals surface area contributed by atoms with Gasteiger partial charge in [0.15, 0.2) is 0 Å². The molecule has 1 unspecified atom stereocenters. The van der Waals surface area contributed by atoms with Crippen LogP contribution < -0.4 is 0 Å². The number of esters is 2. The van der Waals surface area contributed by atoms with Crippen LogP contribution in [0.4, 0.5) is 0 Å². The fourth-order valence-corrected chi connectivity index (χ4v) is 2.75. The van der Waals surface area contributed by atoms with Crippen molar-refractivity contribution >= 4 is 11.9 Å². The molecule has 0 bridgehead atoms. The van der Waals surface area contributed by atoms with Crippen molar-refractivity contribution in [1.29, 1.82) is 0 Å². The average Bonchev–Trinajstić information content (AvgIpc) is 2.65. The van der Waals surface area contributed by atoms with Crippen molar-refractivity contribution in [2.24, 2.45) is 5.92 Å². The Labute approximate surface area is 164 Å². The molecule has 0 spiro atoms. The maximum Gasteiger partial charge on any atom is 0.338 e. The van der Waals surface area contributed by atoms with Crippen LogP contribution in [-0.2, 0) is 9.47 Å². The van der Waals surface area contributed by atoms with Crippen LogP contribution in [0.3, 0.4) is 0 Å². The molecule has 4 heteroatoms. The van der Waals surface area contributed by atoms with Gasteiger partial charge in [0.2, 0.25) is 0 Å². The molecule has 0 aliphatic carbocycles. The summed E-state index contributed by atoms with van der Waals surface area (Å²) >= 11 is 0. The Balaban J connectivity index is 2.35. The van der Waals surface area contributed by atoms with E-state index in [9.17, 15) is 9.59 Å². The molecule has 27 heavy (non-hydrogen) atoms. The monoisotopic (exact) mass is 376 g/mol. The van der Waals surface area contributed by atoms with E-state index in [0.717, 1.165) is 25.7 Å². The quantitative estimate of drug-likeness (QED) is 0.304. The van der Waals surface area contributed by atoms with Crippen LogP contribution in [0.25, 0.3) is 0 Å². The normalized spacial score (nSPS) is 12.0. The Bertz CT molecular complexity index is 548. The van der Waals surface area contributed by atoms with Gasteiger partial charge in [0.05, 0.1) is 23.8 Å². The average molecular weight is 377 g/mol. The second-order valence-corrected chi connectivity index (χ2v) is 7.67. The highest BCUT2D eigenvalue weighted by Crippen LogP contribution is 2.13. The molecule has 0 fully saturated rings. The second kappa shape index (κ2) is 13.3. The highest BCUT2D eigenvalue weighted by atomic mass is 16.5. The zero-order valence-electron chi connectivity index (χ0n) is 17.5. The summed E-state index contributed by atoms with van der Waals surface area (Å²) in [5.74, 6) is -0.0974. The molecule has 1 aromatic carbocycles. The minimum Gasteiger partial charge on any atom is -0.462 e. The number of ether oxygens (including phenoxy) is 2. The van der Waals surface area contributed by atoms with Crippen molar-refractivity contribution in [3.63, 3.8) is 0 Å². The third-order valence-corrected chi connectivity index (χ3v) is 4.55. The Morgan fingerprint density at radius 1 is 0.815 bits per heavy atom. The minimum atomic E-state index is -0.349. The number of rotatable bonds is 13. The van der Waals surface area contributed by atoms with E-state index in [0.29, 0.717) is 23.7 Å². The first-order valence-corrected chi connectivity index (χ1v) is 10.4. The molecule has 0 heterocycles. The van der Waals surface area contributed by atoms with Crippen molar-refractivity contribution in [2.75, 3.05) is 6.61 Å². The molecule has 0 amide bonds. The van der Waals surface area contributed by atoms with Gasteiger partial charge in [-0.15, -0.1) is 0 Å². The van der Waals surface area contributed by atoms with Crippen molar-refractivity contribution < 1.29 is 19.1 Å². The van der Waals surface area contributed by atoms with Gasteiger partial charge in [-0.2, -0.15) is 0 Å². The number of hydrogen-bond donors (Lipinski definition) is 0. The fraction of sp³-hybridized carbons (Fsp3) is 0.652. The Hall–Kier alpha value is -1.84. The summed E-state index contributed by atoms with van der Waals surface area (Å²) < 4.78 is 10.8. The molecule has 0 aromatic heterocycles. The first-order valence-electron chi connectivity index (χ1n) is 10.4. The lowest BCUT2D eigenvalue weighted by molar-refractivity contribution is 0.0312. The molecular formula is C23H36O4. The Kier molecular flexibility index (Phi) is 11.5. The first-order chi connectivity index (χ1) is 12.9. The predicted octanol–water partition coefficient (Wildman–Crippen LogP) is 6.19. The third-order valence-electron chi connectivity index (χ3n) is 4.55. The molecule has 0 saturated carbocycles. The van der Waals surface area contributed by atoms with Gasteiger partial charge in [0, 0.05) is 0 Å². The van der Waals surface area contributed by atoms with E-state index in [1.165, 1.54) is 25.7 Å². The topological polar surface area (TPSA) is 52.6 Å². The summed E-state index contributed by atoms with van der Waals surface area (Å²) in [6.45, 7) is 8.86. The van der Waals surface area contributed by atoms with Gasteiger partial charge in [-0.3, -0.25) is 0 Å². The standard InChI is InChI=1S/C23H36O4/c1-5-6-7-8-9-10-17-26-22(24)20-13-15-21(16-14-20)23(25)27-19(4)12-11-18(2)3/h13-16,18-19H,5-12,17H2,1-4H3. The van der Waals surface area contributed by atoms with E-state index >= 15 is 0 Å². The smallest absolute Gasteiger partial charge is 0.338 e. The molecule has 1 aromatic rings. The van der Waals surface area contributed by atoms with E-state index in [2.05, 4.69) is 20.8 Å². The van der Waals surface area contributed by atoms with Crippen molar-refractivity contribution in [3.05, 3.63) is 35.4 Å². The van der Waals surface area contributed by atoms with Gasteiger partial charge in [-0.1, -0.05) is 52.9 Å². The van der Waals surface area contributed by atoms with Gasteiger partial charge in [0.25, 0.3) is 0 Å². The highest BCUT2D eigenvalue weighted by Gasteiger charge is 2.14. The fourth-order valence-electron chi connectivity index (χ4n) is 2.75. The summed E-state index contributed by atoms with van der Waals surface area (Å²) in [7, 11) is 0. The van der Waals surface area contributed by atoms with Crippen molar-refractivity contribution in [1.82, 2.24) is 0 Å². The number of carbonyl (C=O) groups excluding carboxylic acids is 2. The molecule has 1 rings (SSSR count). The van der Waals surface area contributed by atoms with Gasteiger partial charge in [0.1, 0.15) is 0 Å². The van der Waals surface area contributed by atoms with E-state index < -0.39 is 0 Å². The van der Waals surface area contributed by atoms with Crippen LogP contribution in [0.1, 0.15) is 99.8 Å². The SMILES string of the molecule is CCCCCCCCOC(=O)c1ccc(C(=O)OC(C)CCC(C)C)cc1. The maximum atomic E-state index is 12.2. The number of carbonyl (C=O) groups is 2. The highest BCUT2D eigenvalue weighted by molar-refractivity contribution is 5.93. The molecule has 0 aliphatic heterocycles. The zero-order chi connectivity index (χ0) is 20.1. The van der Waals surface area contributed by atoms with Crippen LogP contribution in [0.5, 0.6) is 0 Å². The molecular weight excluding hydrogens is 340 g/mol. The second-order valence-electron chi connectivity index (χ2n) is 7.67. The third kappa shape index (κ3) is 10.2.